The SMILES string of the molecule is Cc1ccc2noc(-c3ccc(CN)cc3)c2c1. The lowest BCUT2D eigenvalue weighted by Gasteiger charge is -2.00. The lowest BCUT2D eigenvalue weighted by atomic mass is 10.1. The number of aryl methyl sites for hydroxylation is 1. The van der Waals surface area contributed by atoms with E-state index in [1.165, 1.54) is 5.56 Å². The number of hydrogen-bond donors (Lipinski definition) is 1. The molecule has 0 fully saturated rings. The molecule has 3 nitrogen and oxygen atoms in total. The van der Waals surface area contributed by atoms with Crippen molar-refractivity contribution in [2.45, 2.75) is 13.5 Å². The van der Waals surface area contributed by atoms with Gasteiger partial charge < -0.3 is 10.3 Å². The highest BCUT2D eigenvalue weighted by Crippen LogP contribution is 2.29. The molecule has 0 radical (unpaired) electrons. The number of hydrogen-bond acceptors (Lipinski definition) is 3. The first kappa shape index (κ1) is 11.0. The molecule has 3 heteroatoms. The third-order valence-electron chi connectivity index (χ3n) is 3.08. The number of fused-ring (bicyclic) bond motifs is 1. The fourth-order valence-corrected chi connectivity index (χ4v) is 2.06. The number of nitrogens with zero attached hydrogens (tertiary/aromatic N) is 1. The van der Waals surface area contributed by atoms with Gasteiger partial charge in [-0.05, 0) is 24.6 Å². The quantitative estimate of drug-likeness (QED) is 0.745. The first-order valence-corrected chi connectivity index (χ1v) is 5.93. The Morgan fingerprint density at radius 1 is 1.11 bits per heavy atom. The third kappa shape index (κ3) is 1.79. The average Bonchev–Trinajstić information content (AvgIpc) is 2.82. The molecule has 0 saturated carbocycles. The van der Waals surface area contributed by atoms with Crippen LogP contribution in [0.5, 0.6) is 0 Å². The van der Waals surface area contributed by atoms with E-state index in [2.05, 4.69) is 18.1 Å². The molecule has 0 aliphatic rings. The van der Waals surface area contributed by atoms with Crippen LogP contribution in [0.2, 0.25) is 0 Å². The van der Waals surface area contributed by atoms with Crippen molar-refractivity contribution in [3.8, 4) is 11.3 Å². The smallest absolute Gasteiger partial charge is 0.174 e. The van der Waals surface area contributed by atoms with Gasteiger partial charge >= 0.3 is 0 Å². The van der Waals surface area contributed by atoms with Gasteiger partial charge in [-0.2, -0.15) is 0 Å². The molecule has 3 aromatic rings. The van der Waals surface area contributed by atoms with Crippen LogP contribution >= 0.6 is 0 Å². The normalized spacial score (nSPS) is 11.0. The van der Waals surface area contributed by atoms with Crippen molar-refractivity contribution in [1.82, 2.24) is 5.16 Å². The maximum atomic E-state index is 5.59. The van der Waals surface area contributed by atoms with Gasteiger partial charge in [0.1, 0.15) is 5.52 Å². The molecular weight excluding hydrogens is 224 g/mol. The minimum atomic E-state index is 0.552. The fraction of sp³-hybridized carbons (Fsp3) is 0.133. The van der Waals surface area contributed by atoms with E-state index in [1.54, 1.807) is 0 Å². The second kappa shape index (κ2) is 4.27. The van der Waals surface area contributed by atoms with E-state index < -0.39 is 0 Å². The van der Waals surface area contributed by atoms with E-state index in [-0.39, 0.29) is 0 Å². The predicted molar refractivity (Wildman–Crippen MR) is 72.1 cm³/mol. The molecular formula is C15H14N2O. The van der Waals surface area contributed by atoms with E-state index >= 15 is 0 Å². The summed E-state index contributed by atoms with van der Waals surface area (Å²) in [6, 6.07) is 14.2. The summed E-state index contributed by atoms with van der Waals surface area (Å²) in [5.41, 5.74) is 9.82. The zero-order chi connectivity index (χ0) is 12.5. The highest BCUT2D eigenvalue weighted by molar-refractivity contribution is 5.91. The average molecular weight is 238 g/mol. The highest BCUT2D eigenvalue weighted by Gasteiger charge is 2.10. The Labute approximate surface area is 105 Å². The van der Waals surface area contributed by atoms with Crippen LogP contribution < -0.4 is 5.73 Å². The Hall–Kier alpha value is -2.13. The van der Waals surface area contributed by atoms with Gasteiger partial charge in [0.05, 0.1) is 0 Å². The molecule has 90 valence electrons. The van der Waals surface area contributed by atoms with Crippen molar-refractivity contribution in [2.24, 2.45) is 5.73 Å². The highest BCUT2D eigenvalue weighted by atomic mass is 16.5. The summed E-state index contributed by atoms with van der Waals surface area (Å²) in [5, 5.41) is 5.13. The van der Waals surface area contributed by atoms with Gasteiger partial charge in [0, 0.05) is 17.5 Å². The van der Waals surface area contributed by atoms with Crippen molar-refractivity contribution in [2.75, 3.05) is 0 Å². The lowest BCUT2D eigenvalue weighted by Crippen LogP contribution is -1.95. The molecule has 1 heterocycles. The molecule has 0 atom stereocenters. The van der Waals surface area contributed by atoms with Crippen LogP contribution in [0.25, 0.3) is 22.2 Å². The van der Waals surface area contributed by atoms with Crippen molar-refractivity contribution in [3.05, 3.63) is 53.6 Å². The maximum absolute atomic E-state index is 5.59. The van der Waals surface area contributed by atoms with E-state index in [4.69, 9.17) is 10.3 Å². The summed E-state index contributed by atoms with van der Waals surface area (Å²) in [5.74, 6) is 0.817. The second-order valence-corrected chi connectivity index (χ2v) is 4.43. The number of nitrogens with two attached hydrogens (primary N) is 1. The van der Waals surface area contributed by atoms with E-state index in [9.17, 15) is 0 Å². The Morgan fingerprint density at radius 3 is 2.61 bits per heavy atom. The number of aromatic nitrogens is 1. The molecule has 0 saturated heterocycles. The van der Waals surface area contributed by atoms with Crippen LogP contribution in [-0.2, 0) is 6.54 Å². The molecule has 0 aliphatic heterocycles. The van der Waals surface area contributed by atoms with Crippen LogP contribution in [0.1, 0.15) is 11.1 Å². The van der Waals surface area contributed by atoms with Crippen LogP contribution in [0.3, 0.4) is 0 Å². The molecule has 0 bridgehead atoms. The van der Waals surface area contributed by atoms with Gasteiger partial charge in [-0.3, -0.25) is 0 Å². The minimum absolute atomic E-state index is 0.552. The van der Waals surface area contributed by atoms with Gasteiger partial charge in [0.15, 0.2) is 5.76 Å². The third-order valence-corrected chi connectivity index (χ3v) is 3.08. The fourth-order valence-electron chi connectivity index (χ4n) is 2.06. The van der Waals surface area contributed by atoms with E-state index in [1.807, 2.05) is 36.4 Å². The number of benzene rings is 2. The van der Waals surface area contributed by atoms with Crippen molar-refractivity contribution in [3.63, 3.8) is 0 Å². The van der Waals surface area contributed by atoms with Gasteiger partial charge in [-0.1, -0.05) is 41.1 Å². The Bertz CT molecular complexity index is 683. The zero-order valence-electron chi connectivity index (χ0n) is 10.2. The van der Waals surface area contributed by atoms with Crippen LogP contribution in [0.15, 0.2) is 47.0 Å². The van der Waals surface area contributed by atoms with Gasteiger partial charge in [0.2, 0.25) is 0 Å². The second-order valence-electron chi connectivity index (χ2n) is 4.43. The summed E-state index contributed by atoms with van der Waals surface area (Å²) in [4.78, 5) is 0. The van der Waals surface area contributed by atoms with Crippen molar-refractivity contribution >= 4 is 10.9 Å². The van der Waals surface area contributed by atoms with Gasteiger partial charge in [0.25, 0.3) is 0 Å². The first-order valence-electron chi connectivity index (χ1n) is 5.93. The molecule has 0 amide bonds. The van der Waals surface area contributed by atoms with Gasteiger partial charge in [-0.15, -0.1) is 0 Å². The van der Waals surface area contributed by atoms with Crippen LogP contribution in [0, 0.1) is 6.92 Å². The molecule has 1 aromatic heterocycles. The standard InChI is InChI=1S/C15H14N2O/c1-10-2-7-14-13(8-10)15(18-17-14)12-5-3-11(9-16)4-6-12/h2-8H,9,16H2,1H3. The Kier molecular flexibility index (Phi) is 2.61. The van der Waals surface area contributed by atoms with Crippen molar-refractivity contribution in [1.29, 1.82) is 0 Å². The summed E-state index contributed by atoms with van der Waals surface area (Å²) >= 11 is 0. The molecule has 18 heavy (non-hydrogen) atoms. The van der Waals surface area contributed by atoms with E-state index in [0.29, 0.717) is 6.54 Å². The summed E-state index contributed by atoms with van der Waals surface area (Å²) in [6.07, 6.45) is 0. The number of rotatable bonds is 2. The molecule has 2 aromatic carbocycles. The molecule has 0 spiro atoms. The Morgan fingerprint density at radius 2 is 1.89 bits per heavy atom. The monoisotopic (exact) mass is 238 g/mol. The lowest BCUT2D eigenvalue weighted by molar-refractivity contribution is 0.441. The first-order chi connectivity index (χ1) is 8.78. The minimum Gasteiger partial charge on any atom is -0.355 e. The summed E-state index contributed by atoms with van der Waals surface area (Å²) in [6.45, 7) is 2.62. The molecule has 2 N–H and O–H groups in total. The van der Waals surface area contributed by atoms with E-state index in [0.717, 1.165) is 27.8 Å². The molecule has 0 unspecified atom stereocenters. The topological polar surface area (TPSA) is 52.0 Å². The maximum Gasteiger partial charge on any atom is 0.174 e. The molecule has 3 rings (SSSR count). The zero-order valence-corrected chi connectivity index (χ0v) is 10.2. The predicted octanol–water partition coefficient (Wildman–Crippen LogP) is 3.26. The summed E-state index contributed by atoms with van der Waals surface area (Å²) < 4.78 is 5.45. The van der Waals surface area contributed by atoms with Gasteiger partial charge in [-0.25, -0.2) is 0 Å². The Balaban J connectivity index is 2.15. The van der Waals surface area contributed by atoms with Crippen molar-refractivity contribution < 1.29 is 4.52 Å². The molecule has 0 aliphatic carbocycles. The van der Waals surface area contributed by atoms with Crippen LogP contribution in [-0.4, -0.2) is 5.16 Å². The largest absolute Gasteiger partial charge is 0.355 e. The van der Waals surface area contributed by atoms with Crippen LogP contribution in [0.4, 0.5) is 0 Å². The summed E-state index contributed by atoms with van der Waals surface area (Å²) in [7, 11) is 0.